The molecule has 0 bridgehead atoms. The van der Waals surface area contributed by atoms with Crippen molar-refractivity contribution in [3.05, 3.63) is 59.9 Å². The molecule has 1 aromatic carbocycles. The fourth-order valence-corrected chi connectivity index (χ4v) is 1.85. The fraction of sp³-hybridized carbons (Fsp3) is 0.0667. The molecule has 6 heteroatoms. The molecule has 2 heterocycles. The Kier molecular flexibility index (Phi) is 3.42. The molecule has 1 N–H and O–H groups in total. The summed E-state index contributed by atoms with van der Waals surface area (Å²) in [6.07, 6.45) is 3.08. The molecular weight excluding hydrogens is 268 g/mol. The molecule has 0 saturated heterocycles. The van der Waals surface area contributed by atoms with E-state index in [1.807, 2.05) is 31.2 Å². The number of nitrogens with one attached hydrogen (secondary N) is 1. The van der Waals surface area contributed by atoms with Crippen LogP contribution in [0.25, 0.3) is 11.3 Å². The SMILES string of the molecule is Cc1ccc(-c2nonc2NC(=O)c2cccnc2)cc1. The first kappa shape index (κ1) is 13.0. The second-order valence-corrected chi connectivity index (χ2v) is 4.52. The molecule has 3 rings (SSSR count). The highest BCUT2D eigenvalue weighted by Gasteiger charge is 2.15. The Balaban J connectivity index is 1.86. The van der Waals surface area contributed by atoms with Gasteiger partial charge in [0.05, 0.1) is 5.56 Å². The van der Waals surface area contributed by atoms with E-state index >= 15 is 0 Å². The minimum atomic E-state index is -0.313. The molecule has 0 atom stereocenters. The van der Waals surface area contributed by atoms with Gasteiger partial charge in [0.25, 0.3) is 5.91 Å². The van der Waals surface area contributed by atoms with Gasteiger partial charge >= 0.3 is 0 Å². The number of carbonyl (C=O) groups excluding carboxylic acids is 1. The quantitative estimate of drug-likeness (QED) is 0.797. The zero-order valence-electron chi connectivity index (χ0n) is 11.3. The van der Waals surface area contributed by atoms with Crippen molar-refractivity contribution in [2.45, 2.75) is 6.92 Å². The number of hydrogen-bond acceptors (Lipinski definition) is 5. The van der Waals surface area contributed by atoms with Crippen molar-refractivity contribution in [1.82, 2.24) is 15.3 Å². The molecule has 0 unspecified atom stereocenters. The molecular formula is C15H12N4O2. The predicted octanol–water partition coefficient (Wildman–Crippen LogP) is 2.69. The summed E-state index contributed by atoms with van der Waals surface area (Å²) in [5.41, 5.74) is 2.89. The maximum absolute atomic E-state index is 12.1. The van der Waals surface area contributed by atoms with E-state index in [4.69, 9.17) is 4.63 Å². The maximum Gasteiger partial charge on any atom is 0.258 e. The van der Waals surface area contributed by atoms with Crippen molar-refractivity contribution < 1.29 is 9.42 Å². The summed E-state index contributed by atoms with van der Waals surface area (Å²) >= 11 is 0. The van der Waals surface area contributed by atoms with Gasteiger partial charge in [0.2, 0.25) is 5.82 Å². The smallest absolute Gasteiger partial charge is 0.258 e. The third kappa shape index (κ3) is 2.79. The molecule has 2 aromatic heterocycles. The topological polar surface area (TPSA) is 80.9 Å². The lowest BCUT2D eigenvalue weighted by atomic mass is 10.1. The molecule has 21 heavy (non-hydrogen) atoms. The van der Waals surface area contributed by atoms with Crippen molar-refractivity contribution in [3.8, 4) is 11.3 Å². The second-order valence-electron chi connectivity index (χ2n) is 4.52. The van der Waals surface area contributed by atoms with Gasteiger partial charge in [0, 0.05) is 18.0 Å². The predicted molar refractivity (Wildman–Crippen MR) is 76.7 cm³/mol. The summed E-state index contributed by atoms with van der Waals surface area (Å²) in [5.74, 6) is -0.0279. The van der Waals surface area contributed by atoms with Crippen LogP contribution in [-0.4, -0.2) is 21.2 Å². The van der Waals surface area contributed by atoms with Crippen molar-refractivity contribution in [2.24, 2.45) is 0 Å². The fourth-order valence-electron chi connectivity index (χ4n) is 1.85. The summed E-state index contributed by atoms with van der Waals surface area (Å²) in [5, 5.41) is 10.3. The summed E-state index contributed by atoms with van der Waals surface area (Å²) in [4.78, 5) is 16.0. The number of carbonyl (C=O) groups is 1. The third-order valence-corrected chi connectivity index (χ3v) is 2.97. The van der Waals surface area contributed by atoms with E-state index in [1.54, 1.807) is 18.3 Å². The average molecular weight is 280 g/mol. The van der Waals surface area contributed by atoms with Crippen LogP contribution in [0.3, 0.4) is 0 Å². The Morgan fingerprint density at radius 1 is 1.14 bits per heavy atom. The minimum Gasteiger partial charge on any atom is -0.302 e. The Morgan fingerprint density at radius 2 is 1.95 bits per heavy atom. The second kappa shape index (κ2) is 5.54. The Bertz CT molecular complexity index is 751. The van der Waals surface area contributed by atoms with Gasteiger partial charge in [-0.2, -0.15) is 0 Å². The first-order chi connectivity index (χ1) is 10.2. The van der Waals surface area contributed by atoms with E-state index in [1.165, 1.54) is 6.20 Å². The molecule has 0 fully saturated rings. The normalized spacial score (nSPS) is 10.3. The highest BCUT2D eigenvalue weighted by Crippen LogP contribution is 2.24. The average Bonchev–Trinajstić information content (AvgIpc) is 2.97. The standard InChI is InChI=1S/C15H12N4O2/c1-10-4-6-11(7-5-10)13-14(19-21-18-13)17-15(20)12-3-2-8-16-9-12/h2-9H,1H3,(H,17,19,20). The monoisotopic (exact) mass is 280 g/mol. The van der Waals surface area contributed by atoms with E-state index in [9.17, 15) is 4.79 Å². The largest absolute Gasteiger partial charge is 0.302 e. The molecule has 104 valence electrons. The zero-order valence-corrected chi connectivity index (χ0v) is 11.3. The highest BCUT2D eigenvalue weighted by atomic mass is 16.6. The highest BCUT2D eigenvalue weighted by molar-refractivity contribution is 6.04. The summed E-state index contributed by atoms with van der Waals surface area (Å²) < 4.78 is 4.74. The molecule has 0 saturated carbocycles. The van der Waals surface area contributed by atoms with E-state index in [-0.39, 0.29) is 11.7 Å². The van der Waals surface area contributed by atoms with Crippen LogP contribution in [0.4, 0.5) is 5.82 Å². The number of aryl methyl sites for hydroxylation is 1. The van der Waals surface area contributed by atoms with Crippen molar-refractivity contribution in [1.29, 1.82) is 0 Å². The molecule has 3 aromatic rings. The Morgan fingerprint density at radius 3 is 2.67 bits per heavy atom. The van der Waals surface area contributed by atoms with Crippen LogP contribution in [0, 0.1) is 6.92 Å². The van der Waals surface area contributed by atoms with Gasteiger partial charge in [-0.1, -0.05) is 29.8 Å². The lowest BCUT2D eigenvalue weighted by Gasteiger charge is -2.03. The first-order valence-electron chi connectivity index (χ1n) is 6.35. The first-order valence-corrected chi connectivity index (χ1v) is 6.35. The number of aromatic nitrogens is 3. The van der Waals surface area contributed by atoms with E-state index in [2.05, 4.69) is 20.6 Å². The van der Waals surface area contributed by atoms with Crippen molar-refractivity contribution >= 4 is 11.7 Å². The van der Waals surface area contributed by atoms with Gasteiger partial charge in [0.1, 0.15) is 0 Å². The van der Waals surface area contributed by atoms with Gasteiger partial charge in [-0.25, -0.2) is 4.63 Å². The Hall–Kier alpha value is -3.02. The van der Waals surface area contributed by atoms with Crippen molar-refractivity contribution in [3.63, 3.8) is 0 Å². The molecule has 0 aliphatic carbocycles. The van der Waals surface area contributed by atoms with Gasteiger partial charge in [-0.15, -0.1) is 0 Å². The number of benzene rings is 1. The van der Waals surface area contributed by atoms with Gasteiger partial charge < -0.3 is 5.32 Å². The van der Waals surface area contributed by atoms with Gasteiger partial charge in [-0.3, -0.25) is 9.78 Å². The van der Waals surface area contributed by atoms with Gasteiger partial charge in [0.15, 0.2) is 5.69 Å². The number of amides is 1. The number of nitrogens with zero attached hydrogens (tertiary/aromatic N) is 3. The van der Waals surface area contributed by atoms with Gasteiger partial charge in [-0.05, 0) is 29.4 Å². The Labute approximate surface area is 120 Å². The van der Waals surface area contributed by atoms with Crippen molar-refractivity contribution in [2.75, 3.05) is 5.32 Å². The number of rotatable bonds is 3. The molecule has 6 nitrogen and oxygen atoms in total. The lowest BCUT2D eigenvalue weighted by Crippen LogP contribution is -2.12. The number of anilines is 1. The zero-order chi connectivity index (χ0) is 14.7. The molecule has 0 aliphatic heterocycles. The summed E-state index contributed by atoms with van der Waals surface area (Å²) in [6.45, 7) is 2.00. The number of hydrogen-bond donors (Lipinski definition) is 1. The van der Waals surface area contributed by atoms with Crippen LogP contribution in [0.2, 0.25) is 0 Å². The summed E-state index contributed by atoms with van der Waals surface area (Å²) in [6, 6.07) is 11.1. The maximum atomic E-state index is 12.1. The van der Waals surface area contributed by atoms with E-state index in [0.717, 1.165) is 11.1 Å². The molecule has 1 amide bonds. The summed E-state index contributed by atoms with van der Waals surface area (Å²) in [7, 11) is 0. The van der Waals surface area contributed by atoms with Crippen LogP contribution in [0.1, 0.15) is 15.9 Å². The molecule has 0 spiro atoms. The van der Waals surface area contributed by atoms with E-state index < -0.39 is 0 Å². The third-order valence-electron chi connectivity index (χ3n) is 2.97. The van der Waals surface area contributed by atoms with Crippen LogP contribution >= 0.6 is 0 Å². The van der Waals surface area contributed by atoms with Crippen LogP contribution in [0.5, 0.6) is 0 Å². The van der Waals surface area contributed by atoms with Crippen LogP contribution < -0.4 is 5.32 Å². The molecule has 0 aliphatic rings. The molecule has 0 radical (unpaired) electrons. The van der Waals surface area contributed by atoms with Crippen LogP contribution in [-0.2, 0) is 0 Å². The lowest BCUT2D eigenvalue weighted by molar-refractivity contribution is 0.102. The van der Waals surface area contributed by atoms with E-state index in [0.29, 0.717) is 11.3 Å². The minimum absolute atomic E-state index is 0.285. The van der Waals surface area contributed by atoms with Crippen LogP contribution in [0.15, 0.2) is 53.4 Å². The number of pyridine rings is 1.